The van der Waals surface area contributed by atoms with Crippen LogP contribution in [-0.4, -0.2) is 9.97 Å². The Kier molecular flexibility index (Phi) is 2.26. The van der Waals surface area contributed by atoms with E-state index in [1.807, 2.05) is 0 Å². The summed E-state index contributed by atoms with van der Waals surface area (Å²) < 4.78 is 25.8. The van der Waals surface area contributed by atoms with Gasteiger partial charge in [0.25, 0.3) is 6.43 Å². The third-order valence-electron chi connectivity index (χ3n) is 2.13. The molecule has 2 heterocycles. The lowest BCUT2D eigenvalue weighted by Crippen LogP contribution is -1.85. The van der Waals surface area contributed by atoms with Crippen molar-refractivity contribution in [2.75, 3.05) is 0 Å². The molecule has 2 aromatic heterocycles. The van der Waals surface area contributed by atoms with E-state index in [4.69, 9.17) is 0 Å². The summed E-state index contributed by atoms with van der Waals surface area (Å²) in [5.74, 6) is 0. The van der Waals surface area contributed by atoms with Crippen LogP contribution in [0.25, 0.3) is 11.0 Å². The molecule has 2 aromatic rings. The number of nitrogens with one attached hydrogen (secondary N) is 1. The van der Waals surface area contributed by atoms with Gasteiger partial charge in [-0.15, -0.1) is 0 Å². The first-order valence-electron chi connectivity index (χ1n) is 4.01. The molecule has 0 amide bonds. The third-order valence-corrected chi connectivity index (χ3v) is 2.57. The summed E-state index contributed by atoms with van der Waals surface area (Å²) in [5.41, 5.74) is 1.01. The predicted octanol–water partition coefficient (Wildman–Crippen LogP) is 3.57. The van der Waals surface area contributed by atoms with Gasteiger partial charge < -0.3 is 4.98 Å². The van der Waals surface area contributed by atoms with Gasteiger partial charge in [0, 0.05) is 16.1 Å². The lowest BCUT2D eigenvalue weighted by Gasteiger charge is -1.95. The van der Waals surface area contributed by atoms with Gasteiger partial charge in [0.1, 0.15) is 5.65 Å². The summed E-state index contributed by atoms with van der Waals surface area (Å²) in [6, 6.07) is 1.78. The van der Waals surface area contributed by atoms with Gasteiger partial charge in [-0.25, -0.2) is 13.8 Å². The van der Waals surface area contributed by atoms with Gasteiger partial charge in [-0.05, 0) is 34.5 Å². The quantitative estimate of drug-likeness (QED) is 0.835. The van der Waals surface area contributed by atoms with Crippen molar-refractivity contribution in [3.63, 3.8) is 0 Å². The van der Waals surface area contributed by atoms with Crippen molar-refractivity contribution in [1.82, 2.24) is 9.97 Å². The minimum atomic E-state index is -2.48. The molecule has 2 nitrogen and oxygen atoms in total. The zero-order chi connectivity index (χ0) is 10.3. The highest BCUT2D eigenvalue weighted by atomic mass is 79.9. The molecular weight excluding hydrogens is 254 g/mol. The van der Waals surface area contributed by atoms with E-state index in [2.05, 4.69) is 25.9 Å². The number of hydrogen-bond acceptors (Lipinski definition) is 1. The van der Waals surface area contributed by atoms with E-state index < -0.39 is 6.43 Å². The number of hydrogen-bond donors (Lipinski definition) is 1. The minimum absolute atomic E-state index is 0.0504. The molecule has 0 aliphatic carbocycles. The van der Waals surface area contributed by atoms with Gasteiger partial charge in [0.2, 0.25) is 0 Å². The van der Waals surface area contributed by atoms with Crippen LogP contribution in [0.2, 0.25) is 0 Å². The van der Waals surface area contributed by atoms with Gasteiger partial charge in [0.05, 0.1) is 5.69 Å². The van der Waals surface area contributed by atoms with Crippen molar-refractivity contribution in [1.29, 1.82) is 0 Å². The van der Waals surface area contributed by atoms with E-state index in [9.17, 15) is 8.78 Å². The number of H-pyrrole nitrogens is 1. The van der Waals surface area contributed by atoms with E-state index in [-0.39, 0.29) is 5.69 Å². The Morgan fingerprint density at radius 1 is 1.50 bits per heavy atom. The largest absolute Gasteiger partial charge is 0.338 e. The summed E-state index contributed by atoms with van der Waals surface area (Å²) in [5, 5.41) is 0.731. The predicted molar refractivity (Wildman–Crippen MR) is 53.5 cm³/mol. The zero-order valence-corrected chi connectivity index (χ0v) is 8.90. The Morgan fingerprint density at radius 3 is 2.86 bits per heavy atom. The standard InChI is InChI=1S/C9H7BrF2N2/c1-4-6-2-5(10)3-13-9(6)14-7(4)8(11)12/h2-3,8H,1H3,(H,13,14). The van der Waals surface area contributed by atoms with E-state index in [1.165, 1.54) is 0 Å². The molecule has 0 saturated heterocycles. The number of fused-ring (bicyclic) bond motifs is 1. The monoisotopic (exact) mass is 260 g/mol. The second kappa shape index (κ2) is 3.31. The molecule has 1 N–H and O–H groups in total. The molecule has 0 aliphatic heterocycles. The molecule has 0 fully saturated rings. The highest BCUT2D eigenvalue weighted by molar-refractivity contribution is 9.10. The maximum absolute atomic E-state index is 12.5. The minimum Gasteiger partial charge on any atom is -0.338 e. The summed E-state index contributed by atoms with van der Waals surface area (Å²) in [7, 11) is 0. The number of aromatic nitrogens is 2. The van der Waals surface area contributed by atoms with E-state index in [0.29, 0.717) is 11.2 Å². The molecule has 0 unspecified atom stereocenters. The Hall–Kier alpha value is -0.970. The van der Waals surface area contributed by atoms with Crippen molar-refractivity contribution < 1.29 is 8.78 Å². The van der Waals surface area contributed by atoms with Crippen LogP contribution in [0.3, 0.4) is 0 Å². The van der Waals surface area contributed by atoms with E-state index >= 15 is 0 Å². The van der Waals surface area contributed by atoms with Crippen LogP contribution < -0.4 is 0 Å². The van der Waals surface area contributed by atoms with Gasteiger partial charge in [-0.1, -0.05) is 0 Å². The lowest BCUT2D eigenvalue weighted by atomic mass is 10.2. The second-order valence-electron chi connectivity index (χ2n) is 3.01. The first-order valence-corrected chi connectivity index (χ1v) is 4.80. The molecule has 5 heteroatoms. The number of aromatic amines is 1. The Morgan fingerprint density at radius 2 is 2.21 bits per heavy atom. The van der Waals surface area contributed by atoms with Crippen LogP contribution in [0.1, 0.15) is 17.7 Å². The van der Waals surface area contributed by atoms with Crippen LogP contribution in [0, 0.1) is 6.92 Å². The van der Waals surface area contributed by atoms with Crippen LogP contribution in [0.4, 0.5) is 8.78 Å². The zero-order valence-electron chi connectivity index (χ0n) is 7.31. The number of rotatable bonds is 1. The first-order chi connectivity index (χ1) is 6.59. The summed E-state index contributed by atoms with van der Waals surface area (Å²) in [6.07, 6.45) is -0.906. The van der Waals surface area contributed by atoms with Crippen LogP contribution in [0.5, 0.6) is 0 Å². The first kappa shape index (κ1) is 9.58. The van der Waals surface area contributed by atoms with Gasteiger partial charge in [-0.2, -0.15) is 0 Å². The molecule has 0 spiro atoms. The number of nitrogens with zero attached hydrogens (tertiary/aromatic N) is 1. The Labute approximate surface area is 87.5 Å². The van der Waals surface area contributed by atoms with Gasteiger partial charge in [0.15, 0.2) is 0 Å². The van der Waals surface area contributed by atoms with Crippen LogP contribution in [0.15, 0.2) is 16.7 Å². The van der Waals surface area contributed by atoms with Crippen molar-refractivity contribution in [2.24, 2.45) is 0 Å². The highest BCUT2D eigenvalue weighted by Crippen LogP contribution is 2.28. The fourth-order valence-electron chi connectivity index (χ4n) is 1.41. The molecule has 14 heavy (non-hydrogen) atoms. The Balaban J connectivity index is 2.74. The smallest absolute Gasteiger partial charge is 0.278 e. The molecule has 74 valence electrons. The number of halogens is 3. The molecule has 0 saturated carbocycles. The molecule has 2 rings (SSSR count). The number of pyridine rings is 1. The maximum atomic E-state index is 12.5. The van der Waals surface area contributed by atoms with E-state index in [0.717, 1.165) is 9.86 Å². The SMILES string of the molecule is Cc1c(C(F)F)[nH]c2ncc(Br)cc12. The maximum Gasteiger partial charge on any atom is 0.278 e. The van der Waals surface area contributed by atoms with Crippen LogP contribution in [-0.2, 0) is 0 Å². The molecule has 0 aliphatic rings. The van der Waals surface area contributed by atoms with E-state index in [1.54, 1.807) is 19.2 Å². The normalized spacial score (nSPS) is 11.5. The van der Waals surface area contributed by atoms with Crippen LogP contribution >= 0.6 is 15.9 Å². The Bertz CT molecular complexity index is 479. The average molecular weight is 261 g/mol. The fourth-order valence-corrected chi connectivity index (χ4v) is 1.74. The fraction of sp³-hybridized carbons (Fsp3) is 0.222. The molecule has 0 radical (unpaired) electrons. The summed E-state index contributed by atoms with van der Waals surface area (Å²) in [6.45, 7) is 1.66. The van der Waals surface area contributed by atoms with Crippen molar-refractivity contribution >= 4 is 27.0 Å². The number of alkyl halides is 2. The molecule has 0 aromatic carbocycles. The van der Waals surface area contributed by atoms with Crippen molar-refractivity contribution in [3.05, 3.63) is 28.0 Å². The van der Waals surface area contributed by atoms with Gasteiger partial charge >= 0.3 is 0 Å². The second-order valence-corrected chi connectivity index (χ2v) is 3.93. The third kappa shape index (κ3) is 1.41. The average Bonchev–Trinajstić information content (AvgIpc) is 2.44. The highest BCUT2D eigenvalue weighted by Gasteiger charge is 2.16. The molecular formula is C9H7BrF2N2. The summed E-state index contributed by atoms with van der Waals surface area (Å²) >= 11 is 3.25. The molecule has 0 atom stereocenters. The van der Waals surface area contributed by atoms with Crippen molar-refractivity contribution in [2.45, 2.75) is 13.3 Å². The lowest BCUT2D eigenvalue weighted by molar-refractivity contribution is 0.146. The summed E-state index contributed by atoms with van der Waals surface area (Å²) in [4.78, 5) is 6.62. The number of aryl methyl sites for hydroxylation is 1. The van der Waals surface area contributed by atoms with Crippen molar-refractivity contribution in [3.8, 4) is 0 Å². The topological polar surface area (TPSA) is 28.7 Å². The molecule has 0 bridgehead atoms. The van der Waals surface area contributed by atoms with Gasteiger partial charge in [-0.3, -0.25) is 0 Å².